The van der Waals surface area contributed by atoms with E-state index in [9.17, 15) is 20.4 Å². The Bertz CT molecular complexity index is 574. The van der Waals surface area contributed by atoms with Crippen LogP contribution in [0, 0.1) is 28.1 Å². The molecule has 0 aromatic heterocycles. The maximum Gasteiger partial charge on any atom is 0.0940 e. The summed E-state index contributed by atoms with van der Waals surface area (Å²) in [6.07, 6.45) is 7.87. The monoisotopic (exact) mass is 336 g/mol. The molecule has 7 atom stereocenters. The normalized spacial score (nSPS) is 56.4. The Labute approximate surface area is 144 Å². The summed E-state index contributed by atoms with van der Waals surface area (Å²) in [5.74, 6) is 0.244. The van der Waals surface area contributed by atoms with Crippen molar-refractivity contribution in [3.8, 4) is 0 Å². The topological polar surface area (TPSA) is 80.9 Å². The van der Waals surface area contributed by atoms with E-state index in [1.165, 1.54) is 0 Å². The van der Waals surface area contributed by atoms with Gasteiger partial charge in [0.05, 0.1) is 18.3 Å². The van der Waals surface area contributed by atoms with E-state index in [-0.39, 0.29) is 35.4 Å². The lowest BCUT2D eigenvalue weighted by molar-refractivity contribution is -0.175. The van der Waals surface area contributed by atoms with Crippen LogP contribution in [-0.2, 0) is 0 Å². The fourth-order valence-electron chi connectivity index (χ4n) is 7.24. The number of hydrogen-bond donors (Lipinski definition) is 4. The zero-order valence-corrected chi connectivity index (χ0v) is 15.0. The van der Waals surface area contributed by atoms with Crippen molar-refractivity contribution < 1.29 is 20.4 Å². The highest BCUT2D eigenvalue weighted by Crippen LogP contribution is 2.73. The van der Waals surface area contributed by atoms with E-state index in [0.29, 0.717) is 18.8 Å². The van der Waals surface area contributed by atoms with Crippen molar-refractivity contribution in [1.29, 1.82) is 0 Å². The largest absolute Gasteiger partial charge is 0.396 e. The summed E-state index contributed by atoms with van der Waals surface area (Å²) < 4.78 is 0. The van der Waals surface area contributed by atoms with Crippen LogP contribution in [0.4, 0.5) is 0 Å². The van der Waals surface area contributed by atoms with Crippen LogP contribution >= 0.6 is 0 Å². The third-order valence-electron chi connectivity index (χ3n) is 8.78. The van der Waals surface area contributed by atoms with Crippen LogP contribution in [0.3, 0.4) is 0 Å². The van der Waals surface area contributed by atoms with Gasteiger partial charge in [-0.15, -0.1) is 0 Å². The van der Waals surface area contributed by atoms with E-state index in [2.05, 4.69) is 19.9 Å². The van der Waals surface area contributed by atoms with Crippen LogP contribution in [0.25, 0.3) is 0 Å². The van der Waals surface area contributed by atoms with Gasteiger partial charge >= 0.3 is 0 Å². The van der Waals surface area contributed by atoms with E-state index in [1.54, 1.807) is 0 Å². The summed E-state index contributed by atoms with van der Waals surface area (Å²) >= 11 is 0. The molecule has 0 saturated heterocycles. The van der Waals surface area contributed by atoms with Crippen LogP contribution in [0.2, 0.25) is 0 Å². The highest BCUT2D eigenvalue weighted by Gasteiger charge is 2.68. The quantitative estimate of drug-likeness (QED) is 0.582. The van der Waals surface area contributed by atoms with Crippen molar-refractivity contribution in [1.82, 2.24) is 0 Å². The SMILES string of the molecule is CC1(CO)CCCC2(C)C1CC(O)C1=CC3CC12CCC3(O)CO. The number of hydrogen-bond acceptors (Lipinski definition) is 4. The smallest absolute Gasteiger partial charge is 0.0940 e. The summed E-state index contributed by atoms with van der Waals surface area (Å²) in [6.45, 7) is 4.53. The van der Waals surface area contributed by atoms with Gasteiger partial charge in [-0.25, -0.2) is 0 Å². The van der Waals surface area contributed by atoms with Gasteiger partial charge in [-0.05, 0) is 60.8 Å². The molecule has 136 valence electrons. The Kier molecular flexibility index (Phi) is 3.59. The first-order valence-electron chi connectivity index (χ1n) is 9.59. The van der Waals surface area contributed by atoms with Crippen molar-refractivity contribution in [2.75, 3.05) is 13.2 Å². The molecule has 0 amide bonds. The minimum absolute atomic E-state index is 0.0549. The predicted octanol–water partition coefficient (Wildman–Crippen LogP) is 2.01. The molecule has 4 N–H and O–H groups in total. The van der Waals surface area contributed by atoms with Gasteiger partial charge in [-0.3, -0.25) is 0 Å². The molecular weight excluding hydrogens is 304 g/mol. The summed E-state index contributed by atoms with van der Waals surface area (Å²) in [5.41, 5.74) is -0.0528. The fraction of sp³-hybridized carbons (Fsp3) is 0.900. The zero-order chi connectivity index (χ0) is 17.4. The summed E-state index contributed by atoms with van der Waals surface area (Å²) in [5, 5.41) is 41.6. The van der Waals surface area contributed by atoms with E-state index < -0.39 is 11.7 Å². The van der Waals surface area contributed by atoms with E-state index in [0.717, 1.165) is 37.7 Å². The second-order valence-electron chi connectivity index (χ2n) is 9.66. The zero-order valence-electron chi connectivity index (χ0n) is 15.0. The standard InChI is InChI=1S/C20H32O4/c1-17(11-21)4-3-5-18(2)16(17)9-15(23)14-8-13-10-19(14,18)6-7-20(13,24)12-22/h8,13,15-16,21-24H,3-7,9-12H2,1-2H3. The van der Waals surface area contributed by atoms with Crippen LogP contribution < -0.4 is 0 Å². The maximum absolute atomic E-state index is 11.0. The van der Waals surface area contributed by atoms with E-state index >= 15 is 0 Å². The molecule has 1 spiro atoms. The Hall–Kier alpha value is -0.420. The molecule has 0 aromatic carbocycles. The molecule has 0 heterocycles. The second-order valence-corrected chi connectivity index (χ2v) is 9.66. The van der Waals surface area contributed by atoms with Crippen molar-refractivity contribution >= 4 is 0 Å². The predicted molar refractivity (Wildman–Crippen MR) is 91.2 cm³/mol. The summed E-state index contributed by atoms with van der Waals surface area (Å²) in [6, 6.07) is 0. The average molecular weight is 336 g/mol. The molecule has 4 nitrogen and oxygen atoms in total. The lowest BCUT2D eigenvalue weighted by Gasteiger charge is -2.65. The highest BCUT2D eigenvalue weighted by atomic mass is 16.3. The Morgan fingerprint density at radius 2 is 1.83 bits per heavy atom. The lowest BCUT2D eigenvalue weighted by Crippen LogP contribution is -2.61. The minimum Gasteiger partial charge on any atom is -0.396 e. The Morgan fingerprint density at radius 1 is 1.08 bits per heavy atom. The minimum atomic E-state index is -1.03. The number of fused-ring (bicyclic) bond motifs is 2. The molecule has 0 radical (unpaired) electrons. The number of aliphatic hydroxyl groups excluding tert-OH is 3. The van der Waals surface area contributed by atoms with Crippen molar-refractivity contribution in [2.24, 2.45) is 28.1 Å². The van der Waals surface area contributed by atoms with Gasteiger partial charge in [-0.1, -0.05) is 26.3 Å². The number of aliphatic hydroxyl groups is 4. The molecule has 0 aliphatic heterocycles. The fourth-order valence-corrected chi connectivity index (χ4v) is 7.24. The molecule has 0 aromatic rings. The van der Waals surface area contributed by atoms with Crippen LogP contribution in [0.15, 0.2) is 11.6 Å². The first kappa shape index (κ1) is 17.0. The number of rotatable bonds is 2. The van der Waals surface area contributed by atoms with Gasteiger partial charge in [0.15, 0.2) is 0 Å². The summed E-state index contributed by atoms with van der Waals surface area (Å²) in [4.78, 5) is 0. The molecule has 7 unspecified atom stereocenters. The van der Waals surface area contributed by atoms with Gasteiger partial charge < -0.3 is 20.4 Å². The van der Waals surface area contributed by atoms with Crippen molar-refractivity contribution in [2.45, 2.75) is 70.5 Å². The van der Waals surface area contributed by atoms with Gasteiger partial charge in [0.2, 0.25) is 0 Å². The van der Waals surface area contributed by atoms with E-state index in [4.69, 9.17) is 0 Å². The molecule has 4 heteroatoms. The Balaban J connectivity index is 1.81. The maximum atomic E-state index is 11.0. The lowest BCUT2D eigenvalue weighted by atomic mass is 9.39. The highest BCUT2D eigenvalue weighted by molar-refractivity contribution is 5.37. The van der Waals surface area contributed by atoms with Gasteiger partial charge in [0.25, 0.3) is 0 Å². The molecule has 4 aliphatic rings. The summed E-state index contributed by atoms with van der Waals surface area (Å²) in [7, 11) is 0. The molecule has 3 fully saturated rings. The average Bonchev–Trinajstić information content (AvgIpc) is 2.93. The molecule has 4 aliphatic carbocycles. The van der Waals surface area contributed by atoms with Crippen LogP contribution in [0.1, 0.15) is 58.8 Å². The Morgan fingerprint density at radius 3 is 2.50 bits per heavy atom. The van der Waals surface area contributed by atoms with Gasteiger partial charge in [0, 0.05) is 17.9 Å². The van der Waals surface area contributed by atoms with Crippen molar-refractivity contribution in [3.63, 3.8) is 0 Å². The molecule has 3 saturated carbocycles. The first-order chi connectivity index (χ1) is 11.2. The molecular formula is C20H32O4. The third kappa shape index (κ3) is 1.83. The molecule has 2 bridgehead atoms. The first-order valence-corrected chi connectivity index (χ1v) is 9.59. The van der Waals surface area contributed by atoms with Crippen LogP contribution in [-0.4, -0.2) is 45.3 Å². The van der Waals surface area contributed by atoms with Gasteiger partial charge in [-0.2, -0.15) is 0 Å². The van der Waals surface area contributed by atoms with Crippen LogP contribution in [0.5, 0.6) is 0 Å². The second kappa shape index (κ2) is 5.06. The molecule has 4 rings (SSSR count). The molecule has 24 heavy (non-hydrogen) atoms. The van der Waals surface area contributed by atoms with Gasteiger partial charge in [0.1, 0.15) is 0 Å². The third-order valence-corrected chi connectivity index (χ3v) is 8.78. The van der Waals surface area contributed by atoms with E-state index in [1.807, 2.05) is 0 Å². The van der Waals surface area contributed by atoms with Crippen molar-refractivity contribution in [3.05, 3.63) is 11.6 Å².